The molecule has 0 radical (unpaired) electrons. The lowest BCUT2D eigenvalue weighted by Gasteiger charge is -2.27. The van der Waals surface area contributed by atoms with Crippen molar-refractivity contribution in [1.29, 1.82) is 0 Å². The Labute approximate surface area is 115 Å². The van der Waals surface area contributed by atoms with Gasteiger partial charge >= 0.3 is 0 Å². The number of ether oxygens (including phenoxy) is 1. The van der Waals surface area contributed by atoms with E-state index in [0.29, 0.717) is 25.2 Å². The van der Waals surface area contributed by atoms with Gasteiger partial charge in [-0.3, -0.25) is 9.48 Å². The lowest BCUT2D eigenvalue weighted by atomic mass is 10.1. The summed E-state index contributed by atoms with van der Waals surface area (Å²) in [7, 11) is 1.39. The summed E-state index contributed by atoms with van der Waals surface area (Å²) in [4.78, 5) is 14.1. The van der Waals surface area contributed by atoms with Crippen LogP contribution in [0.25, 0.3) is 0 Å². The maximum Gasteiger partial charge on any atom is 0.254 e. The van der Waals surface area contributed by atoms with Crippen molar-refractivity contribution in [3.8, 4) is 5.75 Å². The summed E-state index contributed by atoms with van der Waals surface area (Å²) in [5.74, 6) is -0.572. The molecule has 0 unspecified atom stereocenters. The molecule has 0 N–H and O–H groups in total. The highest BCUT2D eigenvalue weighted by Crippen LogP contribution is 2.20. The van der Waals surface area contributed by atoms with Crippen molar-refractivity contribution in [3.63, 3.8) is 0 Å². The molecule has 5 nitrogen and oxygen atoms in total. The number of fused-ring (bicyclic) bond motifs is 1. The Morgan fingerprint density at radius 1 is 1.35 bits per heavy atom. The van der Waals surface area contributed by atoms with E-state index in [9.17, 15) is 9.18 Å². The molecule has 3 rings (SSSR count). The minimum atomic E-state index is -0.527. The smallest absolute Gasteiger partial charge is 0.254 e. The largest absolute Gasteiger partial charge is 0.494 e. The van der Waals surface area contributed by atoms with Gasteiger partial charge in [0.1, 0.15) is 0 Å². The molecular formula is C14H14FN3O2. The summed E-state index contributed by atoms with van der Waals surface area (Å²) in [6.45, 7) is 1.72. The van der Waals surface area contributed by atoms with Crippen LogP contribution >= 0.6 is 0 Å². The number of carbonyl (C=O) groups excluding carboxylic acids is 1. The molecule has 0 bridgehead atoms. The molecule has 0 atom stereocenters. The Morgan fingerprint density at radius 2 is 2.20 bits per heavy atom. The van der Waals surface area contributed by atoms with Crippen LogP contribution in [-0.4, -0.2) is 34.2 Å². The molecule has 104 valence electrons. The van der Waals surface area contributed by atoms with E-state index in [-0.39, 0.29) is 11.7 Å². The topological polar surface area (TPSA) is 47.4 Å². The standard InChI is InChI=1S/C14H14FN3O2/c1-20-13-3-2-10(8-12(13)15)14(19)17-6-7-18-11(9-17)4-5-16-18/h2-5,8H,6-7,9H2,1H3. The van der Waals surface area contributed by atoms with Gasteiger partial charge in [-0.25, -0.2) is 4.39 Å². The zero-order valence-corrected chi connectivity index (χ0v) is 11.0. The van der Waals surface area contributed by atoms with E-state index in [4.69, 9.17) is 4.74 Å². The predicted octanol–water partition coefficient (Wildman–Crippen LogP) is 1.69. The molecule has 0 saturated heterocycles. The molecule has 20 heavy (non-hydrogen) atoms. The number of hydrogen-bond acceptors (Lipinski definition) is 3. The molecule has 1 amide bonds. The van der Waals surface area contributed by atoms with Crippen molar-refractivity contribution >= 4 is 5.91 Å². The van der Waals surface area contributed by atoms with Crippen molar-refractivity contribution in [2.24, 2.45) is 0 Å². The highest BCUT2D eigenvalue weighted by Gasteiger charge is 2.22. The van der Waals surface area contributed by atoms with Gasteiger partial charge in [-0.15, -0.1) is 0 Å². The molecule has 1 aliphatic heterocycles. The summed E-state index contributed by atoms with van der Waals surface area (Å²) in [6, 6.07) is 6.15. The minimum Gasteiger partial charge on any atom is -0.494 e. The number of nitrogens with zero attached hydrogens (tertiary/aromatic N) is 3. The summed E-state index contributed by atoms with van der Waals surface area (Å²) >= 11 is 0. The van der Waals surface area contributed by atoms with Crippen molar-refractivity contribution in [2.45, 2.75) is 13.1 Å². The Hall–Kier alpha value is -2.37. The van der Waals surface area contributed by atoms with Crippen LogP contribution in [0, 0.1) is 5.82 Å². The van der Waals surface area contributed by atoms with E-state index < -0.39 is 5.82 Å². The third-order valence-electron chi connectivity index (χ3n) is 3.43. The molecule has 6 heteroatoms. The van der Waals surface area contributed by atoms with Gasteiger partial charge < -0.3 is 9.64 Å². The molecule has 2 aromatic rings. The van der Waals surface area contributed by atoms with Gasteiger partial charge in [0, 0.05) is 18.3 Å². The van der Waals surface area contributed by atoms with E-state index in [1.807, 2.05) is 10.7 Å². The summed E-state index contributed by atoms with van der Waals surface area (Å²) in [6.07, 6.45) is 1.72. The van der Waals surface area contributed by atoms with E-state index in [2.05, 4.69) is 5.10 Å². The van der Waals surface area contributed by atoms with E-state index in [1.165, 1.54) is 19.2 Å². The number of halogens is 1. The van der Waals surface area contributed by atoms with Crippen LogP contribution in [0.5, 0.6) is 5.75 Å². The number of hydrogen-bond donors (Lipinski definition) is 0. The van der Waals surface area contributed by atoms with Gasteiger partial charge in [0.25, 0.3) is 5.91 Å². The summed E-state index contributed by atoms with van der Waals surface area (Å²) < 4.78 is 20.4. The minimum absolute atomic E-state index is 0.137. The second kappa shape index (κ2) is 4.96. The molecule has 0 spiro atoms. The first kappa shape index (κ1) is 12.7. The zero-order valence-electron chi connectivity index (χ0n) is 11.0. The SMILES string of the molecule is COc1ccc(C(=O)N2CCn3nccc3C2)cc1F. The average molecular weight is 275 g/mol. The highest BCUT2D eigenvalue weighted by atomic mass is 19.1. The maximum absolute atomic E-state index is 13.7. The molecule has 0 saturated carbocycles. The zero-order chi connectivity index (χ0) is 14.1. The van der Waals surface area contributed by atoms with Crippen LogP contribution < -0.4 is 4.74 Å². The van der Waals surface area contributed by atoms with Gasteiger partial charge in [0.2, 0.25) is 0 Å². The molecule has 1 aromatic carbocycles. The molecule has 1 aliphatic rings. The maximum atomic E-state index is 13.7. The lowest BCUT2D eigenvalue weighted by Crippen LogP contribution is -2.38. The van der Waals surface area contributed by atoms with Crippen molar-refractivity contribution in [1.82, 2.24) is 14.7 Å². The fourth-order valence-electron chi connectivity index (χ4n) is 2.34. The van der Waals surface area contributed by atoms with Gasteiger partial charge in [-0.1, -0.05) is 0 Å². The van der Waals surface area contributed by atoms with Crippen LogP contribution in [0.15, 0.2) is 30.5 Å². The Kier molecular flexibility index (Phi) is 3.14. The number of aromatic nitrogens is 2. The fraction of sp³-hybridized carbons (Fsp3) is 0.286. The van der Waals surface area contributed by atoms with Gasteiger partial charge in [0.05, 0.1) is 25.9 Å². The van der Waals surface area contributed by atoms with Gasteiger partial charge in [0.15, 0.2) is 11.6 Å². The van der Waals surface area contributed by atoms with Gasteiger partial charge in [-0.2, -0.15) is 5.10 Å². The quantitative estimate of drug-likeness (QED) is 0.838. The number of rotatable bonds is 2. The first-order valence-electron chi connectivity index (χ1n) is 6.32. The first-order valence-corrected chi connectivity index (χ1v) is 6.32. The van der Waals surface area contributed by atoms with E-state index in [1.54, 1.807) is 17.2 Å². The number of carbonyl (C=O) groups is 1. The molecule has 0 fully saturated rings. The molecular weight excluding hydrogens is 261 g/mol. The average Bonchev–Trinajstić information content (AvgIpc) is 2.93. The Bertz CT molecular complexity index is 654. The van der Waals surface area contributed by atoms with Crippen molar-refractivity contribution < 1.29 is 13.9 Å². The Morgan fingerprint density at radius 3 is 2.95 bits per heavy atom. The highest BCUT2D eigenvalue weighted by molar-refractivity contribution is 5.94. The van der Waals surface area contributed by atoms with Crippen LogP contribution in [-0.2, 0) is 13.1 Å². The van der Waals surface area contributed by atoms with Gasteiger partial charge in [-0.05, 0) is 24.3 Å². The monoisotopic (exact) mass is 275 g/mol. The van der Waals surface area contributed by atoms with Crippen molar-refractivity contribution in [2.75, 3.05) is 13.7 Å². The lowest BCUT2D eigenvalue weighted by molar-refractivity contribution is 0.0705. The normalized spacial score (nSPS) is 14.0. The fourth-order valence-corrected chi connectivity index (χ4v) is 2.34. The second-order valence-electron chi connectivity index (χ2n) is 4.62. The molecule has 1 aromatic heterocycles. The number of amides is 1. The predicted molar refractivity (Wildman–Crippen MR) is 69.9 cm³/mol. The summed E-state index contributed by atoms with van der Waals surface area (Å²) in [5.41, 5.74) is 1.31. The van der Waals surface area contributed by atoms with Crippen molar-refractivity contribution in [3.05, 3.63) is 47.5 Å². The van der Waals surface area contributed by atoms with Crippen LogP contribution in [0.2, 0.25) is 0 Å². The molecule has 0 aliphatic carbocycles. The third kappa shape index (κ3) is 2.13. The number of benzene rings is 1. The van der Waals surface area contributed by atoms with E-state index in [0.717, 1.165) is 5.69 Å². The first-order chi connectivity index (χ1) is 9.69. The summed E-state index contributed by atoms with van der Waals surface area (Å²) in [5, 5.41) is 4.16. The third-order valence-corrected chi connectivity index (χ3v) is 3.43. The van der Waals surface area contributed by atoms with E-state index >= 15 is 0 Å². The van der Waals surface area contributed by atoms with Crippen LogP contribution in [0.3, 0.4) is 0 Å². The second-order valence-corrected chi connectivity index (χ2v) is 4.62. The molecule has 2 heterocycles. The van der Waals surface area contributed by atoms with Crippen LogP contribution in [0.1, 0.15) is 16.1 Å². The van der Waals surface area contributed by atoms with Crippen LogP contribution in [0.4, 0.5) is 4.39 Å². The Balaban J connectivity index is 1.81. The number of methoxy groups -OCH3 is 1.